The minimum Gasteiger partial charge on any atom is -0.492 e. The average Bonchev–Trinajstić information content (AvgIpc) is 2.79. The minimum atomic E-state index is -5.01. The fraction of sp³-hybridized carbons (Fsp3) is 0.182. The highest BCUT2D eigenvalue weighted by molar-refractivity contribution is 9.10. The largest absolute Gasteiger partial charge is 0.492 e. The third kappa shape index (κ3) is 7.40. The van der Waals surface area contributed by atoms with Gasteiger partial charge in [-0.3, -0.25) is 0 Å². The number of anilines is 1. The first kappa shape index (κ1) is 25.4. The van der Waals surface area contributed by atoms with Crippen LogP contribution in [0.4, 0.5) is 15.3 Å². The van der Waals surface area contributed by atoms with Crippen molar-refractivity contribution in [1.82, 2.24) is 0 Å². The van der Waals surface area contributed by atoms with Gasteiger partial charge in [0.25, 0.3) is 0 Å². The van der Waals surface area contributed by atoms with E-state index >= 15 is 0 Å². The van der Waals surface area contributed by atoms with E-state index in [4.69, 9.17) is 27.9 Å². The molecule has 0 radical (unpaired) electrons. The molecule has 0 aromatic heterocycles. The zero-order chi connectivity index (χ0) is 23.8. The Balaban J connectivity index is 1.49. The summed E-state index contributed by atoms with van der Waals surface area (Å²) in [5.74, 6) is 0.836. The van der Waals surface area contributed by atoms with Crippen LogP contribution in [0.5, 0.6) is 5.75 Å². The van der Waals surface area contributed by atoms with Crippen molar-refractivity contribution in [3.05, 3.63) is 80.7 Å². The van der Waals surface area contributed by atoms with Gasteiger partial charge in [0.2, 0.25) is 0 Å². The number of hydrogen-bond donors (Lipinski definition) is 1. The van der Waals surface area contributed by atoms with Crippen LogP contribution in [0.25, 0.3) is 0 Å². The molecule has 0 unspecified atom stereocenters. The molecule has 0 spiro atoms. The molecule has 0 fully saturated rings. The van der Waals surface area contributed by atoms with Crippen LogP contribution in [-0.4, -0.2) is 28.1 Å². The second kappa shape index (κ2) is 11.8. The summed E-state index contributed by atoms with van der Waals surface area (Å²) in [5.41, 5.74) is 2.17. The van der Waals surface area contributed by atoms with Crippen molar-refractivity contribution in [1.29, 1.82) is 0 Å². The van der Waals surface area contributed by atoms with E-state index in [-0.39, 0.29) is 20.2 Å². The first-order chi connectivity index (χ1) is 15.8. The van der Waals surface area contributed by atoms with Gasteiger partial charge in [0.05, 0.1) is 21.1 Å². The van der Waals surface area contributed by atoms with E-state index in [9.17, 15) is 12.3 Å². The zero-order valence-electron chi connectivity index (χ0n) is 17.1. The standard InChI is InChI=1S/C22H19BrCl2FN3O3S/c23-20-21(25)19(33(26,30)31)14-18(24)22(20)29-28-11-10-15-6-8-16(9-7-15)27-12-13-32-17-4-2-1-3-5-17/h1-9,14,27H,10-13H2. The molecular weight excluding hydrogens is 556 g/mol. The molecule has 3 rings (SSSR count). The maximum Gasteiger partial charge on any atom is 0.333 e. The maximum atomic E-state index is 13.3. The summed E-state index contributed by atoms with van der Waals surface area (Å²) in [5, 5.41) is 11.0. The topological polar surface area (TPSA) is 80.1 Å². The Hall–Kier alpha value is -2.20. The number of azo groups is 1. The molecule has 0 heterocycles. The Labute approximate surface area is 210 Å². The van der Waals surface area contributed by atoms with E-state index in [0.29, 0.717) is 26.1 Å². The number of ether oxygens (including phenoxy) is 1. The van der Waals surface area contributed by atoms with E-state index in [1.54, 1.807) is 0 Å². The van der Waals surface area contributed by atoms with Crippen LogP contribution in [0.3, 0.4) is 0 Å². The number of halogens is 4. The number of nitrogens with one attached hydrogen (secondary N) is 1. The monoisotopic (exact) mass is 573 g/mol. The second-order valence-corrected chi connectivity index (χ2v) is 9.66. The molecule has 3 aromatic rings. The van der Waals surface area contributed by atoms with Gasteiger partial charge in [-0.2, -0.15) is 18.6 Å². The van der Waals surface area contributed by atoms with Crippen LogP contribution in [0, 0.1) is 0 Å². The van der Waals surface area contributed by atoms with Crippen LogP contribution in [0.1, 0.15) is 5.56 Å². The summed E-state index contributed by atoms with van der Waals surface area (Å²) >= 11 is 15.0. The summed E-state index contributed by atoms with van der Waals surface area (Å²) in [7, 11) is -5.01. The van der Waals surface area contributed by atoms with Crippen molar-refractivity contribution in [2.45, 2.75) is 11.3 Å². The van der Waals surface area contributed by atoms with Gasteiger partial charge in [-0.1, -0.05) is 53.5 Å². The normalized spacial score (nSPS) is 11.6. The van der Waals surface area contributed by atoms with Crippen molar-refractivity contribution in [2.75, 3.05) is 25.0 Å². The quantitative estimate of drug-likeness (QED) is 0.120. The lowest BCUT2D eigenvalue weighted by Gasteiger charge is -2.09. The van der Waals surface area contributed by atoms with Crippen molar-refractivity contribution >= 4 is 60.7 Å². The molecular formula is C22H19BrCl2FN3O3S. The fourth-order valence-corrected chi connectivity index (χ4v) is 4.86. The Bertz CT molecular complexity index is 1230. The van der Waals surface area contributed by atoms with Gasteiger partial charge in [0.15, 0.2) is 0 Å². The third-order valence-corrected chi connectivity index (χ3v) is 7.07. The number of rotatable bonds is 10. The van der Waals surface area contributed by atoms with Crippen molar-refractivity contribution < 1.29 is 17.0 Å². The second-order valence-electron chi connectivity index (χ2n) is 6.77. The Morgan fingerprint density at radius 1 is 1.06 bits per heavy atom. The van der Waals surface area contributed by atoms with Gasteiger partial charge < -0.3 is 10.1 Å². The van der Waals surface area contributed by atoms with Gasteiger partial charge >= 0.3 is 10.2 Å². The Morgan fingerprint density at radius 2 is 1.76 bits per heavy atom. The minimum absolute atomic E-state index is 0.0586. The summed E-state index contributed by atoms with van der Waals surface area (Å²) in [6.45, 7) is 1.58. The Kier molecular flexibility index (Phi) is 9.08. The van der Waals surface area contributed by atoms with E-state index in [1.807, 2.05) is 54.6 Å². The molecule has 1 N–H and O–H groups in total. The van der Waals surface area contributed by atoms with Gasteiger partial charge in [-0.05, 0) is 58.2 Å². The molecule has 174 valence electrons. The number of benzene rings is 3. The highest BCUT2D eigenvalue weighted by atomic mass is 79.9. The first-order valence-electron chi connectivity index (χ1n) is 9.76. The van der Waals surface area contributed by atoms with Gasteiger partial charge in [0.1, 0.15) is 22.9 Å². The van der Waals surface area contributed by atoms with Crippen molar-refractivity contribution in [2.24, 2.45) is 10.2 Å². The summed E-state index contributed by atoms with van der Waals surface area (Å²) in [4.78, 5) is -0.722. The first-order valence-corrected chi connectivity index (χ1v) is 12.7. The van der Waals surface area contributed by atoms with E-state index < -0.39 is 15.1 Å². The molecule has 0 aliphatic heterocycles. The fourth-order valence-electron chi connectivity index (χ4n) is 2.80. The lowest BCUT2D eigenvalue weighted by molar-refractivity contribution is 0.333. The molecule has 6 nitrogen and oxygen atoms in total. The summed E-state index contributed by atoms with van der Waals surface area (Å²) < 4.78 is 41.3. The molecule has 0 atom stereocenters. The van der Waals surface area contributed by atoms with Crippen LogP contribution in [0.2, 0.25) is 10.0 Å². The predicted molar refractivity (Wildman–Crippen MR) is 132 cm³/mol. The smallest absolute Gasteiger partial charge is 0.333 e. The highest BCUT2D eigenvalue weighted by Gasteiger charge is 2.23. The number of para-hydroxylation sites is 1. The van der Waals surface area contributed by atoms with E-state index in [0.717, 1.165) is 23.1 Å². The van der Waals surface area contributed by atoms with Gasteiger partial charge in [-0.15, -0.1) is 3.89 Å². The molecule has 3 aromatic carbocycles. The van der Waals surface area contributed by atoms with Crippen molar-refractivity contribution in [3.63, 3.8) is 0 Å². The molecule has 11 heteroatoms. The Morgan fingerprint density at radius 3 is 2.42 bits per heavy atom. The van der Waals surface area contributed by atoms with E-state index in [1.165, 1.54) is 0 Å². The van der Waals surface area contributed by atoms with E-state index in [2.05, 4.69) is 31.5 Å². The summed E-state index contributed by atoms with van der Waals surface area (Å²) in [6, 6.07) is 18.4. The molecule has 0 saturated carbocycles. The van der Waals surface area contributed by atoms with Crippen LogP contribution in [-0.2, 0) is 16.6 Å². The summed E-state index contributed by atoms with van der Waals surface area (Å²) in [6.07, 6.45) is 0.626. The average molecular weight is 575 g/mol. The van der Waals surface area contributed by atoms with Crippen LogP contribution < -0.4 is 10.1 Å². The van der Waals surface area contributed by atoms with Gasteiger partial charge in [0, 0.05) is 12.2 Å². The molecule has 0 aliphatic carbocycles. The van der Waals surface area contributed by atoms with Gasteiger partial charge in [-0.25, -0.2) is 0 Å². The number of hydrogen-bond acceptors (Lipinski definition) is 6. The van der Waals surface area contributed by atoms with Crippen LogP contribution in [0.15, 0.2) is 80.3 Å². The zero-order valence-corrected chi connectivity index (χ0v) is 21.1. The molecule has 0 saturated heterocycles. The molecule has 33 heavy (non-hydrogen) atoms. The third-order valence-electron chi connectivity index (χ3n) is 4.43. The van der Waals surface area contributed by atoms with Crippen molar-refractivity contribution in [3.8, 4) is 5.75 Å². The predicted octanol–water partition coefficient (Wildman–Crippen LogP) is 7.23. The lowest BCUT2D eigenvalue weighted by Crippen LogP contribution is -2.11. The molecule has 0 bridgehead atoms. The molecule has 0 aliphatic rings. The maximum absolute atomic E-state index is 13.3. The number of nitrogens with zero attached hydrogens (tertiary/aromatic N) is 2. The van der Waals surface area contributed by atoms with Crippen LogP contribution >= 0.6 is 39.1 Å². The highest BCUT2D eigenvalue weighted by Crippen LogP contribution is 2.43. The molecule has 0 amide bonds. The SMILES string of the molecule is O=S(=O)(F)c1cc(Cl)c(N=NCCc2ccc(NCCOc3ccccc3)cc2)c(Br)c1Cl. The lowest BCUT2D eigenvalue weighted by atomic mass is 10.1.